The third-order valence-corrected chi connectivity index (χ3v) is 6.50. The average Bonchev–Trinajstić information content (AvgIpc) is 3.16. The van der Waals surface area contributed by atoms with Gasteiger partial charge in [0.25, 0.3) is 5.56 Å². The predicted octanol–water partition coefficient (Wildman–Crippen LogP) is 2.64. The zero-order valence-electron chi connectivity index (χ0n) is 15.0. The van der Waals surface area contributed by atoms with Crippen molar-refractivity contribution in [3.63, 3.8) is 0 Å². The lowest BCUT2D eigenvalue weighted by Crippen LogP contribution is -2.38. The lowest BCUT2D eigenvalue weighted by atomic mass is 10.1. The summed E-state index contributed by atoms with van der Waals surface area (Å²) in [5, 5.41) is 15.5. The van der Waals surface area contributed by atoms with Gasteiger partial charge < -0.3 is 4.90 Å². The summed E-state index contributed by atoms with van der Waals surface area (Å²) in [5.74, 6) is 2.90. The Hall–Kier alpha value is -2.41. The van der Waals surface area contributed by atoms with Crippen molar-refractivity contribution in [2.45, 2.75) is 37.6 Å². The first-order valence-electron chi connectivity index (χ1n) is 9.44. The molecule has 1 fully saturated rings. The van der Waals surface area contributed by atoms with Crippen LogP contribution in [0.3, 0.4) is 0 Å². The van der Waals surface area contributed by atoms with E-state index in [-0.39, 0.29) is 11.6 Å². The molecule has 4 heterocycles. The second-order valence-electron chi connectivity index (χ2n) is 7.18. The first-order chi connectivity index (χ1) is 13.3. The lowest BCUT2D eigenvalue weighted by Gasteiger charge is -2.27. The highest BCUT2D eigenvalue weighted by Gasteiger charge is 2.28. The van der Waals surface area contributed by atoms with E-state index in [2.05, 4.69) is 27.2 Å². The third-order valence-electron chi connectivity index (χ3n) is 5.49. The molecule has 2 aliphatic rings. The Morgan fingerprint density at radius 2 is 2.19 bits per heavy atom. The minimum absolute atomic E-state index is 0.00658. The van der Waals surface area contributed by atoms with Crippen LogP contribution in [0.5, 0.6) is 0 Å². The molecule has 1 saturated heterocycles. The number of aromatic nitrogens is 4. The van der Waals surface area contributed by atoms with E-state index in [9.17, 15) is 4.79 Å². The van der Waals surface area contributed by atoms with Crippen LogP contribution in [0.15, 0.2) is 41.3 Å². The molecular weight excluding hydrogens is 358 g/mol. The summed E-state index contributed by atoms with van der Waals surface area (Å²) in [4.78, 5) is 14.9. The van der Waals surface area contributed by atoms with Crippen LogP contribution < -0.4 is 10.5 Å². The smallest absolute Gasteiger partial charge is 0.267 e. The Morgan fingerprint density at radius 1 is 1.26 bits per heavy atom. The molecule has 27 heavy (non-hydrogen) atoms. The maximum absolute atomic E-state index is 12.6. The van der Waals surface area contributed by atoms with Crippen molar-refractivity contribution in [1.29, 1.82) is 0 Å². The maximum atomic E-state index is 12.6. The number of rotatable bonds is 3. The summed E-state index contributed by atoms with van der Waals surface area (Å²) in [6, 6.07) is 10.2. The zero-order valence-corrected chi connectivity index (χ0v) is 15.9. The van der Waals surface area contributed by atoms with Gasteiger partial charge in [-0.15, -0.1) is 5.10 Å². The quantitative estimate of drug-likeness (QED) is 0.697. The van der Waals surface area contributed by atoms with Gasteiger partial charge in [0, 0.05) is 35.6 Å². The van der Waals surface area contributed by atoms with Gasteiger partial charge in [-0.1, -0.05) is 24.3 Å². The Bertz CT molecular complexity index is 1040. The highest BCUT2D eigenvalue weighted by atomic mass is 32.2. The molecule has 0 spiro atoms. The lowest BCUT2D eigenvalue weighted by molar-refractivity contribution is 0.479. The Kier molecular flexibility index (Phi) is 4.32. The van der Waals surface area contributed by atoms with Crippen LogP contribution in [0.25, 0.3) is 10.8 Å². The molecule has 1 aromatic carbocycles. The molecule has 0 amide bonds. The molecule has 0 saturated carbocycles. The number of nitrogens with zero attached hydrogens (tertiary/aromatic N) is 5. The van der Waals surface area contributed by atoms with Gasteiger partial charge in [-0.2, -0.15) is 22.0 Å². The number of thioether (sulfide) groups is 1. The van der Waals surface area contributed by atoms with E-state index in [1.807, 2.05) is 23.9 Å². The van der Waals surface area contributed by atoms with Crippen LogP contribution in [-0.2, 0) is 18.7 Å². The van der Waals surface area contributed by atoms with Gasteiger partial charge in [-0.05, 0) is 24.2 Å². The maximum Gasteiger partial charge on any atom is 0.267 e. The van der Waals surface area contributed by atoms with Gasteiger partial charge >= 0.3 is 0 Å². The van der Waals surface area contributed by atoms with E-state index in [1.165, 1.54) is 0 Å². The molecule has 0 bridgehead atoms. The molecule has 0 radical (unpaired) electrons. The minimum Gasteiger partial charge on any atom is -0.350 e. The van der Waals surface area contributed by atoms with Crippen LogP contribution in [0.2, 0.25) is 0 Å². The van der Waals surface area contributed by atoms with Crippen LogP contribution in [0.1, 0.15) is 24.1 Å². The summed E-state index contributed by atoms with van der Waals surface area (Å²) in [6.45, 7) is 1.54. The van der Waals surface area contributed by atoms with Gasteiger partial charge in [0.15, 0.2) is 5.82 Å². The van der Waals surface area contributed by atoms with Gasteiger partial charge in [-0.3, -0.25) is 4.79 Å². The minimum atomic E-state index is 0.00658. The van der Waals surface area contributed by atoms with Crippen molar-refractivity contribution in [1.82, 2.24) is 20.0 Å². The number of hydrogen-bond donors (Lipinski definition) is 0. The molecule has 6 nitrogen and oxygen atoms in total. The third kappa shape index (κ3) is 3.10. The summed E-state index contributed by atoms with van der Waals surface area (Å²) in [5.41, 5.74) is 2.20. The van der Waals surface area contributed by atoms with Crippen molar-refractivity contribution < 1.29 is 0 Å². The highest BCUT2D eigenvalue weighted by Crippen LogP contribution is 2.30. The predicted molar refractivity (Wildman–Crippen MR) is 108 cm³/mol. The number of aryl methyl sites for hydroxylation is 1. The van der Waals surface area contributed by atoms with Crippen molar-refractivity contribution in [3.8, 4) is 0 Å². The number of benzene rings is 1. The second-order valence-corrected chi connectivity index (χ2v) is 8.29. The van der Waals surface area contributed by atoms with Crippen molar-refractivity contribution >= 4 is 28.4 Å². The molecule has 3 aromatic rings. The highest BCUT2D eigenvalue weighted by molar-refractivity contribution is 7.98. The number of hydrogen-bond acceptors (Lipinski definition) is 6. The number of fused-ring (bicyclic) bond motifs is 2. The molecule has 0 N–H and O–H groups in total. The summed E-state index contributed by atoms with van der Waals surface area (Å²) in [6.07, 6.45) is 4.87. The van der Waals surface area contributed by atoms with Crippen molar-refractivity contribution in [3.05, 3.63) is 58.1 Å². The molecule has 1 atom stereocenters. The Labute approximate surface area is 161 Å². The first-order valence-corrected chi connectivity index (χ1v) is 10.6. The van der Waals surface area contributed by atoms with E-state index < -0.39 is 0 Å². The number of anilines is 1. The van der Waals surface area contributed by atoms with E-state index in [0.29, 0.717) is 6.54 Å². The van der Waals surface area contributed by atoms with Crippen molar-refractivity contribution in [2.24, 2.45) is 0 Å². The van der Waals surface area contributed by atoms with Crippen LogP contribution in [0.4, 0.5) is 5.82 Å². The normalized spacial score (nSPS) is 19.4. The molecule has 1 unspecified atom stereocenters. The molecule has 7 heteroatoms. The summed E-state index contributed by atoms with van der Waals surface area (Å²) < 4.78 is 1.66. The van der Waals surface area contributed by atoms with Crippen molar-refractivity contribution in [2.75, 3.05) is 17.2 Å². The topological polar surface area (TPSA) is 63.9 Å². The Balaban J connectivity index is 1.48. The average molecular weight is 379 g/mol. The van der Waals surface area contributed by atoms with Crippen LogP contribution in [0, 0.1) is 0 Å². The molecule has 5 rings (SSSR count). The van der Waals surface area contributed by atoms with E-state index in [1.54, 1.807) is 16.9 Å². The van der Waals surface area contributed by atoms with Gasteiger partial charge in [0.05, 0.1) is 24.5 Å². The SMILES string of the molecule is O=c1cc2c(nn1CC1CCCN1c1nncc3ccccc13)CCSC2. The summed E-state index contributed by atoms with van der Waals surface area (Å²) >= 11 is 1.87. The molecular formula is C20H21N5OS. The largest absolute Gasteiger partial charge is 0.350 e. The molecule has 0 aliphatic carbocycles. The molecule has 2 aliphatic heterocycles. The second kappa shape index (κ2) is 6.96. The van der Waals surface area contributed by atoms with E-state index >= 15 is 0 Å². The fourth-order valence-corrected chi connectivity index (χ4v) is 5.06. The monoisotopic (exact) mass is 379 g/mol. The van der Waals surface area contributed by atoms with Gasteiger partial charge in [0.2, 0.25) is 0 Å². The summed E-state index contributed by atoms with van der Waals surface area (Å²) in [7, 11) is 0. The molecule has 2 aromatic heterocycles. The Morgan fingerprint density at radius 3 is 3.15 bits per heavy atom. The van der Waals surface area contributed by atoms with E-state index in [0.717, 1.165) is 65.2 Å². The van der Waals surface area contributed by atoms with Gasteiger partial charge in [-0.25, -0.2) is 4.68 Å². The fourth-order valence-electron chi connectivity index (χ4n) is 4.11. The van der Waals surface area contributed by atoms with Crippen LogP contribution >= 0.6 is 11.8 Å². The van der Waals surface area contributed by atoms with Crippen LogP contribution in [-0.4, -0.2) is 38.3 Å². The first kappa shape index (κ1) is 16.7. The standard InChI is InChI=1S/C20H21N5OS/c26-19-10-15-13-27-9-7-18(15)23-25(19)12-16-5-3-8-24(16)20-17-6-2-1-4-14(17)11-21-22-20/h1-2,4,6,10-11,16H,3,5,7-9,12-13H2. The zero-order chi connectivity index (χ0) is 18.2. The van der Waals surface area contributed by atoms with Gasteiger partial charge in [0.1, 0.15) is 0 Å². The molecule has 138 valence electrons. The van der Waals surface area contributed by atoms with E-state index in [4.69, 9.17) is 5.10 Å². The fraction of sp³-hybridized carbons (Fsp3) is 0.400.